The van der Waals surface area contributed by atoms with Crippen LogP contribution in [0.25, 0.3) is 0 Å². The maximum atomic E-state index is 13.6. The van der Waals surface area contributed by atoms with Gasteiger partial charge in [-0.2, -0.15) is 20.5 Å². The molecule has 0 aromatic heterocycles. The van der Waals surface area contributed by atoms with Gasteiger partial charge in [0.15, 0.2) is 11.6 Å². The molecule has 0 radical (unpaired) electrons. The highest BCUT2D eigenvalue weighted by molar-refractivity contribution is 6.35. The number of carbonyl (C=O) groups is 6. The maximum Gasteiger partial charge on any atom is 0.258 e. The predicted molar refractivity (Wildman–Crippen MR) is 251 cm³/mol. The van der Waals surface area contributed by atoms with Crippen molar-refractivity contribution in [3.05, 3.63) is 140 Å². The number of nitrogens with one attached hydrogen (secondary N) is 4. The molecule has 330 valence electrons. The van der Waals surface area contributed by atoms with Crippen molar-refractivity contribution in [3.63, 3.8) is 0 Å². The van der Waals surface area contributed by atoms with Crippen molar-refractivity contribution in [1.29, 1.82) is 0 Å². The molecule has 14 nitrogen and oxygen atoms in total. The number of hydrogen-bond donors (Lipinski definition) is 4. The topological polar surface area (TPSA) is 200 Å². The largest absolute Gasteiger partial charge is 0.323 e. The number of nitrogens with zero attached hydrogens (tertiary/aromatic N) is 4. The third kappa shape index (κ3) is 12.7. The second kappa shape index (κ2) is 22.9. The number of carbonyl (C=O) groups excluding carboxylic acids is 6. The van der Waals surface area contributed by atoms with E-state index in [1.54, 1.807) is 60.7 Å². The molecule has 0 aliphatic carbocycles. The summed E-state index contributed by atoms with van der Waals surface area (Å²) in [5.74, 6) is -3.10. The molecule has 2 atom stereocenters. The summed E-state index contributed by atoms with van der Waals surface area (Å²) in [7, 11) is 0. The molecule has 0 spiro atoms. The van der Waals surface area contributed by atoms with Crippen molar-refractivity contribution in [1.82, 2.24) is 0 Å². The van der Waals surface area contributed by atoms with Crippen LogP contribution >= 0.6 is 46.4 Å². The Morgan fingerprint density at radius 3 is 1.19 bits per heavy atom. The Bertz CT molecular complexity index is 2460. The molecule has 5 aromatic rings. The first-order valence-electron chi connectivity index (χ1n) is 19.8. The number of azo groups is 2. The Morgan fingerprint density at radius 1 is 0.516 bits per heavy atom. The number of anilines is 4. The van der Waals surface area contributed by atoms with E-state index in [1.807, 2.05) is 13.8 Å². The van der Waals surface area contributed by atoms with Crippen LogP contribution in [0.15, 0.2) is 118 Å². The summed E-state index contributed by atoms with van der Waals surface area (Å²) in [6.45, 7) is 6.11. The van der Waals surface area contributed by atoms with Crippen molar-refractivity contribution in [2.45, 2.75) is 64.4 Å². The van der Waals surface area contributed by atoms with Crippen LogP contribution in [0.3, 0.4) is 0 Å². The molecule has 4 N–H and O–H groups in total. The normalized spacial score (nSPS) is 12.1. The Hall–Kier alpha value is -6.32. The molecule has 5 rings (SSSR count). The van der Waals surface area contributed by atoms with Crippen LogP contribution in [-0.2, 0) is 43.8 Å². The third-order valence-corrected chi connectivity index (χ3v) is 10.9. The van der Waals surface area contributed by atoms with Crippen LogP contribution in [0.5, 0.6) is 0 Å². The van der Waals surface area contributed by atoms with Crippen LogP contribution in [0.2, 0.25) is 10.0 Å². The Morgan fingerprint density at radius 2 is 0.875 bits per heavy atom. The van der Waals surface area contributed by atoms with Gasteiger partial charge in [-0.25, -0.2) is 0 Å². The van der Waals surface area contributed by atoms with Crippen molar-refractivity contribution in [2.75, 3.05) is 21.3 Å². The molecule has 5 aromatic carbocycles. The fraction of sp³-hybridized carbons (Fsp3) is 0.217. The van der Waals surface area contributed by atoms with Crippen LogP contribution in [-0.4, -0.2) is 47.3 Å². The van der Waals surface area contributed by atoms with E-state index in [1.165, 1.54) is 50.2 Å². The lowest BCUT2D eigenvalue weighted by atomic mass is 9.98. The average Bonchev–Trinajstić information content (AvgIpc) is 3.28. The molecule has 64 heavy (non-hydrogen) atoms. The first-order chi connectivity index (χ1) is 30.6. The molecule has 0 fully saturated rings. The zero-order chi connectivity index (χ0) is 46.5. The molecule has 4 amide bonds. The highest BCUT2D eigenvalue weighted by Crippen LogP contribution is 2.31. The number of amides is 4. The zero-order valence-corrected chi connectivity index (χ0v) is 38.0. The van der Waals surface area contributed by atoms with Gasteiger partial charge < -0.3 is 21.3 Å². The second-order valence-corrected chi connectivity index (χ2v) is 15.5. The number of ketones is 2. The zero-order valence-electron chi connectivity index (χ0n) is 35.0. The smallest absolute Gasteiger partial charge is 0.258 e. The summed E-state index contributed by atoms with van der Waals surface area (Å²) in [4.78, 5) is 78.7. The molecule has 2 unspecified atom stereocenters. The molecule has 0 heterocycles. The number of halogens is 4. The van der Waals surface area contributed by atoms with Crippen LogP contribution in [0.4, 0.5) is 34.1 Å². The van der Waals surface area contributed by atoms with Gasteiger partial charge in [0.1, 0.15) is 0 Å². The highest BCUT2D eigenvalue weighted by atomic mass is 35.5. The monoisotopic (exact) mass is 942 g/mol. The molecule has 0 aliphatic heterocycles. The first-order valence-corrected chi connectivity index (χ1v) is 21.6. The van der Waals surface area contributed by atoms with E-state index in [4.69, 9.17) is 46.4 Å². The molecule has 0 bridgehead atoms. The first kappa shape index (κ1) is 48.7. The summed E-state index contributed by atoms with van der Waals surface area (Å²) in [5.41, 5.74) is 5.37. The lowest BCUT2D eigenvalue weighted by Crippen LogP contribution is -2.33. The summed E-state index contributed by atoms with van der Waals surface area (Å²) in [6.07, 6.45) is 0.810. The van der Waals surface area contributed by atoms with Crippen molar-refractivity contribution < 1.29 is 28.8 Å². The van der Waals surface area contributed by atoms with Gasteiger partial charge in [0.05, 0.1) is 32.5 Å². The lowest BCUT2D eigenvalue weighted by Gasteiger charge is -2.20. The van der Waals surface area contributed by atoms with E-state index in [2.05, 4.69) is 41.7 Å². The van der Waals surface area contributed by atoms with Gasteiger partial charge in [-0.1, -0.05) is 61.3 Å². The number of hydrogen-bond acceptors (Lipinski definition) is 10. The summed E-state index contributed by atoms with van der Waals surface area (Å²) >= 11 is 24.4. The van der Waals surface area contributed by atoms with E-state index < -0.39 is 47.3 Å². The highest BCUT2D eigenvalue weighted by Gasteiger charge is 2.27. The van der Waals surface area contributed by atoms with Gasteiger partial charge in [-0.3, -0.25) is 28.8 Å². The minimum Gasteiger partial charge on any atom is -0.323 e. The Balaban J connectivity index is 1.29. The fourth-order valence-corrected chi connectivity index (χ4v) is 7.04. The van der Waals surface area contributed by atoms with E-state index in [0.717, 1.165) is 11.1 Å². The van der Waals surface area contributed by atoms with Gasteiger partial charge in [-0.15, -0.1) is 23.2 Å². The SMILES string of the molecule is CCc1c(NC(=O)C(N=Nc2ccc(Cl)c(C(=O)Nc3ccc(CCl)cc3)c2)C(C)=O)ccc(NC(=O)C(N=Nc2ccc(Cl)c(C(=O)Nc3ccc(CCl)cc3)c2)C(C)=O)c1CC. The minimum absolute atomic E-state index is 0.0936. The van der Waals surface area contributed by atoms with Crippen molar-refractivity contribution in [2.24, 2.45) is 20.5 Å². The second-order valence-electron chi connectivity index (χ2n) is 14.2. The standard InChI is InChI=1S/C46H42Cl4N8O6/c1-5-33-34(6-2)40(54-46(64)42(26(4)60)58-56-32-16-18-38(50)36(22-32)44(62)52-30-13-9-28(24-48)10-14-30)20-19-39(33)53-45(63)41(25(3)59)57-55-31-15-17-37(49)35(21-31)43(61)51-29-11-7-27(23-47)8-12-29/h7-22,41-42H,5-6,23-24H2,1-4H3,(H,51,61)(H,52,62)(H,53,63)(H,54,64). The van der Waals surface area contributed by atoms with Gasteiger partial charge >= 0.3 is 0 Å². The lowest BCUT2D eigenvalue weighted by molar-refractivity contribution is -0.127. The van der Waals surface area contributed by atoms with Gasteiger partial charge in [-0.05, 0) is 122 Å². The van der Waals surface area contributed by atoms with Gasteiger partial charge in [0.2, 0.25) is 12.1 Å². The summed E-state index contributed by atoms with van der Waals surface area (Å²) in [6, 6.07) is 22.6. The van der Waals surface area contributed by atoms with Gasteiger partial charge in [0.25, 0.3) is 23.6 Å². The van der Waals surface area contributed by atoms with Crippen LogP contribution < -0.4 is 21.3 Å². The molecule has 0 saturated carbocycles. The fourth-order valence-electron chi connectivity index (χ4n) is 6.27. The molecule has 0 aliphatic rings. The van der Waals surface area contributed by atoms with E-state index in [9.17, 15) is 28.8 Å². The summed E-state index contributed by atoms with van der Waals surface area (Å²) < 4.78 is 0. The average molecular weight is 945 g/mol. The maximum absolute atomic E-state index is 13.6. The van der Waals surface area contributed by atoms with Crippen molar-refractivity contribution >= 4 is 116 Å². The number of rotatable bonds is 18. The van der Waals surface area contributed by atoms with Gasteiger partial charge in [0, 0.05) is 34.5 Å². The van der Waals surface area contributed by atoms with Crippen LogP contribution in [0, 0.1) is 0 Å². The van der Waals surface area contributed by atoms with E-state index in [0.29, 0.717) is 58.5 Å². The van der Waals surface area contributed by atoms with E-state index >= 15 is 0 Å². The quantitative estimate of drug-likeness (QED) is 0.0382. The number of Topliss-reactive ketones (excluding diaryl/α,β-unsaturated/α-hetero) is 2. The molecule has 18 heteroatoms. The molecular weight excluding hydrogens is 902 g/mol. The minimum atomic E-state index is -1.55. The Labute approximate surface area is 389 Å². The third-order valence-electron chi connectivity index (χ3n) is 9.62. The van der Waals surface area contributed by atoms with E-state index in [-0.39, 0.29) is 32.5 Å². The number of alkyl halides is 2. The Kier molecular flexibility index (Phi) is 17.4. The predicted octanol–water partition coefficient (Wildman–Crippen LogP) is 11.5. The van der Waals surface area contributed by atoms with Crippen LogP contribution in [0.1, 0.15) is 70.7 Å². The van der Waals surface area contributed by atoms with Crippen molar-refractivity contribution in [3.8, 4) is 0 Å². The molecule has 0 saturated heterocycles. The number of benzene rings is 5. The summed E-state index contributed by atoms with van der Waals surface area (Å²) in [5, 5.41) is 27.6. The molecular formula is C46H42Cl4N8O6.